The Morgan fingerprint density at radius 3 is 2.80 bits per heavy atom. The molecule has 1 aliphatic carbocycles. The van der Waals surface area contributed by atoms with Gasteiger partial charge in [0.05, 0.1) is 12.0 Å². The van der Waals surface area contributed by atoms with Gasteiger partial charge >= 0.3 is 10.1 Å². The van der Waals surface area contributed by atoms with E-state index in [1.807, 2.05) is 0 Å². The summed E-state index contributed by atoms with van der Waals surface area (Å²) in [6.07, 6.45) is 1.35. The maximum Gasteiger partial charge on any atom is 0.325 e. The molecule has 15 heavy (non-hydrogen) atoms. The van der Waals surface area contributed by atoms with Crippen molar-refractivity contribution in [2.45, 2.75) is 6.42 Å². The molecule has 6 heteroatoms. The Hall–Kier alpha value is -1.43. The molecular weight excluding hydrogens is 221 g/mol. The summed E-state index contributed by atoms with van der Waals surface area (Å²) in [4.78, 5) is 0. The van der Waals surface area contributed by atoms with Gasteiger partial charge in [-0.2, -0.15) is 8.42 Å². The van der Waals surface area contributed by atoms with Gasteiger partial charge in [-0.15, -0.1) is 0 Å². The van der Waals surface area contributed by atoms with Crippen molar-refractivity contribution in [3.8, 4) is 0 Å². The second-order valence-electron chi connectivity index (χ2n) is 3.29. The minimum Gasteiger partial charge on any atom is -0.268 e. The molecule has 4 nitrogen and oxygen atoms in total. The number of nitrogens with zero attached hydrogens (tertiary/aromatic N) is 1. The molecule has 0 bridgehead atoms. The molecule has 1 aromatic rings. The van der Waals surface area contributed by atoms with Gasteiger partial charge in [0.15, 0.2) is 0 Å². The number of halogens is 1. The molecule has 0 spiro atoms. The average Bonchev–Trinajstić information content (AvgIpc) is 2.06. The van der Waals surface area contributed by atoms with Crippen molar-refractivity contribution in [3.63, 3.8) is 0 Å². The fourth-order valence-corrected chi connectivity index (χ4v) is 1.58. The van der Waals surface area contributed by atoms with Crippen LogP contribution in [-0.2, 0) is 20.8 Å². The van der Waals surface area contributed by atoms with Crippen molar-refractivity contribution in [1.82, 2.24) is 0 Å². The Kier molecular flexibility index (Phi) is 2.22. The Bertz CT molecular complexity index is 536. The second kappa shape index (κ2) is 3.30. The fourth-order valence-electron chi connectivity index (χ4n) is 1.35. The number of rotatable bonds is 2. The van der Waals surface area contributed by atoms with Crippen LogP contribution in [0, 0.1) is 5.82 Å². The van der Waals surface area contributed by atoms with Gasteiger partial charge < -0.3 is 0 Å². The molecule has 0 saturated heterocycles. The Morgan fingerprint density at radius 2 is 2.20 bits per heavy atom. The highest BCUT2D eigenvalue weighted by Crippen LogP contribution is 2.24. The minimum atomic E-state index is -3.57. The van der Waals surface area contributed by atoms with E-state index in [0.29, 0.717) is 12.1 Å². The van der Waals surface area contributed by atoms with E-state index in [-0.39, 0.29) is 5.82 Å². The van der Waals surface area contributed by atoms with E-state index in [0.717, 1.165) is 17.4 Å². The maximum absolute atomic E-state index is 12.7. The van der Waals surface area contributed by atoms with Crippen molar-refractivity contribution in [2.24, 2.45) is 5.16 Å². The number of hydrogen-bond acceptors (Lipinski definition) is 4. The van der Waals surface area contributed by atoms with E-state index < -0.39 is 10.1 Å². The summed E-state index contributed by atoms with van der Waals surface area (Å²) in [6.45, 7) is 0. The quantitative estimate of drug-likeness (QED) is 0.712. The first-order valence-corrected chi connectivity index (χ1v) is 6.02. The molecule has 0 aliphatic heterocycles. The van der Waals surface area contributed by atoms with Crippen LogP contribution < -0.4 is 0 Å². The third-order valence-corrected chi connectivity index (χ3v) is 2.36. The lowest BCUT2D eigenvalue weighted by atomic mass is 9.86. The molecule has 0 saturated carbocycles. The zero-order chi connectivity index (χ0) is 11.1. The highest BCUT2D eigenvalue weighted by atomic mass is 32.2. The van der Waals surface area contributed by atoms with Gasteiger partial charge in [-0.1, -0.05) is 5.16 Å². The van der Waals surface area contributed by atoms with Gasteiger partial charge in [-0.05, 0) is 23.8 Å². The first kappa shape index (κ1) is 10.1. The maximum atomic E-state index is 12.7. The summed E-state index contributed by atoms with van der Waals surface area (Å²) in [5.41, 5.74) is 2.07. The van der Waals surface area contributed by atoms with Gasteiger partial charge in [0.25, 0.3) is 0 Å². The van der Waals surface area contributed by atoms with E-state index in [1.54, 1.807) is 6.07 Å². The van der Waals surface area contributed by atoms with Crippen LogP contribution in [0.3, 0.4) is 0 Å². The van der Waals surface area contributed by atoms with E-state index in [1.165, 1.54) is 12.1 Å². The molecule has 0 heterocycles. The summed E-state index contributed by atoms with van der Waals surface area (Å²) in [7, 11) is -3.57. The molecule has 0 unspecified atom stereocenters. The smallest absolute Gasteiger partial charge is 0.268 e. The van der Waals surface area contributed by atoms with E-state index in [4.69, 9.17) is 0 Å². The first-order valence-electron chi connectivity index (χ1n) is 4.20. The van der Waals surface area contributed by atoms with Crippen LogP contribution in [0.5, 0.6) is 0 Å². The first-order chi connectivity index (χ1) is 6.96. The van der Waals surface area contributed by atoms with Crippen LogP contribution in [-0.4, -0.2) is 20.4 Å². The highest BCUT2D eigenvalue weighted by molar-refractivity contribution is 7.85. The lowest BCUT2D eigenvalue weighted by molar-refractivity contribution is 0.341. The molecule has 0 aromatic heterocycles. The van der Waals surface area contributed by atoms with Crippen molar-refractivity contribution in [3.05, 3.63) is 35.1 Å². The largest absolute Gasteiger partial charge is 0.325 e. The zero-order valence-electron chi connectivity index (χ0n) is 7.90. The number of benzene rings is 1. The van der Waals surface area contributed by atoms with Crippen LogP contribution in [0.1, 0.15) is 11.1 Å². The summed E-state index contributed by atoms with van der Waals surface area (Å²) in [5.74, 6) is -0.308. The summed E-state index contributed by atoms with van der Waals surface area (Å²) < 4.78 is 38.3. The van der Waals surface area contributed by atoms with Crippen molar-refractivity contribution in [1.29, 1.82) is 0 Å². The van der Waals surface area contributed by atoms with E-state index in [2.05, 4.69) is 9.44 Å². The summed E-state index contributed by atoms with van der Waals surface area (Å²) in [6, 6.07) is 4.25. The number of hydrogen-bond donors (Lipinski definition) is 0. The molecule has 0 N–H and O–H groups in total. The molecule has 1 aromatic carbocycles. The topological polar surface area (TPSA) is 55.7 Å². The Labute approximate surface area is 86.5 Å². The number of fused-ring (bicyclic) bond motifs is 1. The molecule has 1 aliphatic rings. The van der Waals surface area contributed by atoms with Gasteiger partial charge in [0, 0.05) is 12.0 Å². The summed E-state index contributed by atoms with van der Waals surface area (Å²) in [5, 5.41) is 3.48. The van der Waals surface area contributed by atoms with Crippen LogP contribution in [0.2, 0.25) is 0 Å². The van der Waals surface area contributed by atoms with Gasteiger partial charge in [-0.3, -0.25) is 4.28 Å². The van der Waals surface area contributed by atoms with Crippen LogP contribution in [0.25, 0.3) is 0 Å². The van der Waals surface area contributed by atoms with Crippen LogP contribution in [0.15, 0.2) is 23.4 Å². The molecule has 80 valence electrons. The number of oxime groups is 1. The van der Waals surface area contributed by atoms with Gasteiger partial charge in [0.2, 0.25) is 0 Å². The van der Waals surface area contributed by atoms with Gasteiger partial charge in [-0.25, -0.2) is 4.39 Å². The molecule has 0 atom stereocenters. The monoisotopic (exact) mass is 229 g/mol. The standard InChI is InChI=1S/C9H8FNO3S/c1-15(12,13)14-11-9-5-6-4-7(10)2-3-8(6)9/h2-4H,5H2,1H3. The van der Waals surface area contributed by atoms with Crippen LogP contribution in [0.4, 0.5) is 4.39 Å². The average molecular weight is 229 g/mol. The van der Waals surface area contributed by atoms with Crippen molar-refractivity contribution < 1.29 is 17.1 Å². The summed E-state index contributed by atoms with van der Waals surface area (Å²) >= 11 is 0. The molecule has 0 radical (unpaired) electrons. The van der Waals surface area contributed by atoms with Crippen molar-refractivity contribution in [2.75, 3.05) is 6.26 Å². The third kappa shape index (κ3) is 2.15. The molecule has 0 fully saturated rings. The predicted octanol–water partition coefficient (Wildman–Crippen LogP) is 1.06. The molecule has 2 rings (SSSR count). The second-order valence-corrected chi connectivity index (χ2v) is 4.85. The van der Waals surface area contributed by atoms with Crippen LogP contribution >= 0.6 is 0 Å². The SMILES string of the molecule is CS(=O)(=O)ON=C1Cc2cc(F)ccc21. The molecular formula is C9H8FNO3S. The van der Waals surface area contributed by atoms with E-state index in [9.17, 15) is 12.8 Å². The predicted molar refractivity (Wildman–Crippen MR) is 52.6 cm³/mol. The zero-order valence-corrected chi connectivity index (χ0v) is 8.71. The van der Waals surface area contributed by atoms with Gasteiger partial charge in [0.1, 0.15) is 5.82 Å². The third-order valence-electron chi connectivity index (χ3n) is 2.02. The fraction of sp³-hybridized carbons (Fsp3) is 0.222. The normalized spacial score (nSPS) is 17.1. The molecule has 0 amide bonds. The lowest BCUT2D eigenvalue weighted by Crippen LogP contribution is -2.21. The van der Waals surface area contributed by atoms with E-state index >= 15 is 0 Å². The Balaban J connectivity index is 2.22. The minimum absolute atomic E-state index is 0.308. The van der Waals surface area contributed by atoms with Crippen molar-refractivity contribution >= 4 is 15.8 Å². The lowest BCUT2D eigenvalue weighted by Gasteiger charge is -2.19. The Morgan fingerprint density at radius 1 is 1.47 bits per heavy atom. The highest BCUT2D eigenvalue weighted by Gasteiger charge is 2.22.